The Hall–Kier alpha value is -1.52. The number of carbonyl (C=O) groups excluding carboxylic acids is 1. The highest BCUT2D eigenvalue weighted by molar-refractivity contribution is 5.97. The summed E-state index contributed by atoms with van der Waals surface area (Å²) >= 11 is 0. The minimum atomic E-state index is -1.09. The highest BCUT2D eigenvalue weighted by Gasteiger charge is 2.49. The van der Waals surface area contributed by atoms with E-state index in [-0.39, 0.29) is 17.8 Å². The molecule has 1 amide bonds. The van der Waals surface area contributed by atoms with Crippen LogP contribution in [0.2, 0.25) is 0 Å². The average molecular weight is 183 g/mol. The Bertz CT molecular complexity index is 320. The largest absolute Gasteiger partial charge is 0.476 e. The number of β-lactam (4-membered cyclic amide) rings is 1. The van der Waals surface area contributed by atoms with Crippen LogP contribution in [0.4, 0.5) is 0 Å². The molecule has 0 aliphatic carbocycles. The highest BCUT2D eigenvalue weighted by Crippen LogP contribution is 2.36. The molecule has 0 aromatic carbocycles. The van der Waals surface area contributed by atoms with E-state index in [1.807, 2.05) is 0 Å². The molecular formula is C8H9NO4. The van der Waals surface area contributed by atoms with Crippen LogP contribution in [0.3, 0.4) is 0 Å². The molecular weight excluding hydrogens is 174 g/mol. The standard InChI is InChI=1S/C8H9NO4/c1-2-4-7(8(11)12)9-5(10)3-6(9)13-4/h6H,2-3H2,1H3,(H,11,12)/t6-/m0/s1. The lowest BCUT2D eigenvalue weighted by molar-refractivity contribution is -0.158. The van der Waals surface area contributed by atoms with E-state index in [9.17, 15) is 9.59 Å². The molecule has 1 N–H and O–H groups in total. The number of nitrogens with zero attached hydrogens (tertiary/aromatic N) is 1. The van der Waals surface area contributed by atoms with Crippen molar-refractivity contribution in [2.24, 2.45) is 0 Å². The molecule has 0 unspecified atom stereocenters. The predicted molar refractivity (Wildman–Crippen MR) is 41.3 cm³/mol. The van der Waals surface area contributed by atoms with E-state index in [0.717, 1.165) is 0 Å². The van der Waals surface area contributed by atoms with Gasteiger partial charge in [-0.2, -0.15) is 0 Å². The minimum absolute atomic E-state index is 0.0174. The van der Waals surface area contributed by atoms with E-state index in [2.05, 4.69) is 0 Å². The summed E-state index contributed by atoms with van der Waals surface area (Å²) in [6.45, 7) is 1.80. The SMILES string of the molecule is CCC1=C(C(=O)O)N2C(=O)C[C@@H]2O1. The molecule has 2 heterocycles. The summed E-state index contributed by atoms with van der Waals surface area (Å²) in [5, 5.41) is 8.82. The molecule has 0 aromatic rings. The maximum Gasteiger partial charge on any atom is 0.356 e. The van der Waals surface area contributed by atoms with Crippen LogP contribution in [0.15, 0.2) is 11.5 Å². The molecule has 5 heteroatoms. The zero-order valence-corrected chi connectivity index (χ0v) is 7.11. The molecule has 0 bridgehead atoms. The molecule has 1 saturated heterocycles. The molecule has 13 heavy (non-hydrogen) atoms. The normalized spacial score (nSPS) is 25.5. The number of hydrogen-bond acceptors (Lipinski definition) is 3. The summed E-state index contributed by atoms with van der Waals surface area (Å²) in [7, 11) is 0. The van der Waals surface area contributed by atoms with Gasteiger partial charge in [0, 0.05) is 6.42 Å². The number of carboxylic acids is 1. The van der Waals surface area contributed by atoms with Gasteiger partial charge in [0.15, 0.2) is 11.9 Å². The lowest BCUT2D eigenvalue weighted by Crippen LogP contribution is -2.50. The van der Waals surface area contributed by atoms with Gasteiger partial charge in [-0.25, -0.2) is 4.79 Å². The maximum atomic E-state index is 11.0. The molecule has 70 valence electrons. The lowest BCUT2D eigenvalue weighted by Gasteiger charge is -2.32. The van der Waals surface area contributed by atoms with Crippen molar-refractivity contribution < 1.29 is 19.4 Å². The second-order valence-corrected chi connectivity index (χ2v) is 2.97. The first kappa shape index (κ1) is 8.10. The number of carbonyl (C=O) groups is 2. The predicted octanol–water partition coefficient (Wildman–Crippen LogP) is 0.281. The molecule has 1 fully saturated rings. The quantitative estimate of drug-likeness (QED) is 0.624. The lowest BCUT2D eigenvalue weighted by atomic mass is 10.1. The van der Waals surface area contributed by atoms with Crippen molar-refractivity contribution in [2.75, 3.05) is 0 Å². The summed E-state index contributed by atoms with van der Waals surface area (Å²) in [4.78, 5) is 23.0. The third kappa shape index (κ3) is 0.929. The number of fused-ring (bicyclic) bond motifs is 1. The fraction of sp³-hybridized carbons (Fsp3) is 0.500. The van der Waals surface area contributed by atoms with E-state index in [1.165, 1.54) is 4.90 Å². The Morgan fingerprint density at radius 2 is 2.46 bits per heavy atom. The third-order valence-electron chi connectivity index (χ3n) is 2.21. The fourth-order valence-corrected chi connectivity index (χ4v) is 1.58. The van der Waals surface area contributed by atoms with Crippen LogP contribution < -0.4 is 0 Å². The molecule has 2 aliphatic rings. The number of hydrogen-bond donors (Lipinski definition) is 1. The molecule has 0 saturated carbocycles. The van der Waals surface area contributed by atoms with Crippen molar-refractivity contribution in [1.82, 2.24) is 4.90 Å². The molecule has 2 rings (SSSR count). The van der Waals surface area contributed by atoms with Gasteiger partial charge in [0.05, 0.1) is 6.42 Å². The van der Waals surface area contributed by atoms with Crippen LogP contribution in [0.5, 0.6) is 0 Å². The van der Waals surface area contributed by atoms with Crippen molar-refractivity contribution in [2.45, 2.75) is 26.0 Å². The first-order valence-corrected chi connectivity index (χ1v) is 4.10. The van der Waals surface area contributed by atoms with Crippen LogP contribution in [0.25, 0.3) is 0 Å². The number of carboxylic acid groups (broad SMARTS) is 1. The van der Waals surface area contributed by atoms with Gasteiger partial charge in [0.25, 0.3) is 0 Å². The Morgan fingerprint density at radius 1 is 1.77 bits per heavy atom. The van der Waals surface area contributed by atoms with E-state index < -0.39 is 5.97 Å². The zero-order valence-electron chi connectivity index (χ0n) is 7.11. The van der Waals surface area contributed by atoms with Crippen molar-refractivity contribution in [3.05, 3.63) is 11.5 Å². The second-order valence-electron chi connectivity index (χ2n) is 2.97. The van der Waals surface area contributed by atoms with Gasteiger partial charge in [0.1, 0.15) is 5.76 Å². The summed E-state index contributed by atoms with van der Waals surface area (Å²) in [5.74, 6) is -0.860. The number of aliphatic carboxylic acids is 1. The van der Waals surface area contributed by atoms with Crippen LogP contribution in [0.1, 0.15) is 19.8 Å². The minimum Gasteiger partial charge on any atom is -0.476 e. The van der Waals surface area contributed by atoms with Crippen molar-refractivity contribution in [3.63, 3.8) is 0 Å². The van der Waals surface area contributed by atoms with Gasteiger partial charge in [-0.3, -0.25) is 9.69 Å². The summed E-state index contributed by atoms with van der Waals surface area (Å²) in [6, 6.07) is 0. The molecule has 0 spiro atoms. The summed E-state index contributed by atoms with van der Waals surface area (Å²) < 4.78 is 5.26. The third-order valence-corrected chi connectivity index (χ3v) is 2.21. The molecule has 1 atom stereocenters. The highest BCUT2D eigenvalue weighted by atomic mass is 16.5. The van der Waals surface area contributed by atoms with Gasteiger partial charge in [-0.05, 0) is 0 Å². The summed E-state index contributed by atoms with van der Waals surface area (Å²) in [6.07, 6.45) is 0.441. The smallest absolute Gasteiger partial charge is 0.356 e. The van der Waals surface area contributed by atoms with Crippen LogP contribution in [0, 0.1) is 0 Å². The summed E-state index contributed by atoms with van der Waals surface area (Å²) in [5.41, 5.74) is 0.0174. The van der Waals surface area contributed by atoms with Gasteiger partial charge in [-0.1, -0.05) is 6.92 Å². The fourth-order valence-electron chi connectivity index (χ4n) is 1.58. The van der Waals surface area contributed by atoms with Crippen molar-refractivity contribution in [1.29, 1.82) is 0 Å². The molecule has 2 aliphatic heterocycles. The Balaban J connectivity index is 2.34. The Morgan fingerprint density at radius 3 is 2.92 bits per heavy atom. The first-order chi connectivity index (χ1) is 6.15. The Labute approximate surface area is 74.6 Å². The van der Waals surface area contributed by atoms with E-state index in [0.29, 0.717) is 18.6 Å². The van der Waals surface area contributed by atoms with E-state index in [4.69, 9.17) is 9.84 Å². The van der Waals surface area contributed by atoms with E-state index >= 15 is 0 Å². The van der Waals surface area contributed by atoms with Gasteiger partial charge in [0.2, 0.25) is 5.91 Å². The van der Waals surface area contributed by atoms with Crippen molar-refractivity contribution in [3.8, 4) is 0 Å². The van der Waals surface area contributed by atoms with Crippen LogP contribution in [-0.4, -0.2) is 28.1 Å². The monoisotopic (exact) mass is 183 g/mol. The molecule has 0 aromatic heterocycles. The second kappa shape index (κ2) is 2.48. The van der Waals surface area contributed by atoms with Crippen LogP contribution in [-0.2, 0) is 14.3 Å². The van der Waals surface area contributed by atoms with E-state index in [1.54, 1.807) is 6.92 Å². The van der Waals surface area contributed by atoms with Gasteiger partial charge < -0.3 is 9.84 Å². The zero-order chi connectivity index (χ0) is 9.59. The number of ether oxygens (including phenoxy) is 1. The topological polar surface area (TPSA) is 66.8 Å². The number of allylic oxidation sites excluding steroid dienone is 1. The van der Waals surface area contributed by atoms with Gasteiger partial charge >= 0.3 is 5.97 Å². The molecule has 0 radical (unpaired) electrons. The van der Waals surface area contributed by atoms with Crippen LogP contribution >= 0.6 is 0 Å². The number of amides is 1. The molecule has 5 nitrogen and oxygen atoms in total. The maximum absolute atomic E-state index is 11.0. The Kier molecular flexibility index (Phi) is 1.55. The first-order valence-electron chi connectivity index (χ1n) is 4.10. The van der Waals surface area contributed by atoms with Crippen molar-refractivity contribution >= 4 is 11.9 Å². The average Bonchev–Trinajstić information content (AvgIpc) is 2.37. The number of rotatable bonds is 2. The van der Waals surface area contributed by atoms with Gasteiger partial charge in [-0.15, -0.1) is 0 Å².